The minimum absolute atomic E-state index is 0.0513. The van der Waals surface area contributed by atoms with Gasteiger partial charge < -0.3 is 10.2 Å². The Hall–Kier alpha value is -2.90. The van der Waals surface area contributed by atoms with Gasteiger partial charge in [0.25, 0.3) is 0 Å². The zero-order valence-corrected chi connectivity index (χ0v) is 12.1. The summed E-state index contributed by atoms with van der Waals surface area (Å²) < 4.78 is 52.7. The standard InChI is InChI=1S/C16H10F4O4/c1-7-11(4-8(14(21)22)5-12(7)15(23)24)10-3-2-9(17)6-13(10)16(18,19)20/h2-6H,1H3,(H,21,22)(H,23,24). The third kappa shape index (κ3) is 3.22. The molecule has 2 aromatic carbocycles. The Morgan fingerprint density at radius 1 is 0.958 bits per heavy atom. The fraction of sp³-hybridized carbons (Fsp3) is 0.125. The molecule has 2 N–H and O–H groups in total. The topological polar surface area (TPSA) is 74.6 Å². The van der Waals surface area contributed by atoms with Crippen molar-refractivity contribution in [3.63, 3.8) is 0 Å². The molecular weight excluding hydrogens is 332 g/mol. The number of alkyl halides is 3. The van der Waals surface area contributed by atoms with Crippen molar-refractivity contribution in [1.29, 1.82) is 0 Å². The van der Waals surface area contributed by atoms with Gasteiger partial charge in [0.05, 0.1) is 16.7 Å². The van der Waals surface area contributed by atoms with Gasteiger partial charge in [-0.25, -0.2) is 14.0 Å². The van der Waals surface area contributed by atoms with Gasteiger partial charge in [-0.05, 0) is 47.9 Å². The number of aromatic carboxylic acids is 2. The zero-order chi connectivity index (χ0) is 18.2. The van der Waals surface area contributed by atoms with E-state index in [1.54, 1.807) is 0 Å². The first-order valence-electron chi connectivity index (χ1n) is 6.50. The first kappa shape index (κ1) is 17.5. The van der Waals surface area contributed by atoms with Crippen LogP contribution in [0.3, 0.4) is 0 Å². The van der Waals surface area contributed by atoms with Gasteiger partial charge >= 0.3 is 18.1 Å². The largest absolute Gasteiger partial charge is 0.478 e. The molecule has 0 aromatic heterocycles. The fourth-order valence-electron chi connectivity index (χ4n) is 2.33. The molecule has 0 bridgehead atoms. The third-order valence-corrected chi connectivity index (χ3v) is 3.46. The zero-order valence-electron chi connectivity index (χ0n) is 12.1. The highest BCUT2D eigenvalue weighted by atomic mass is 19.4. The minimum Gasteiger partial charge on any atom is -0.478 e. The molecule has 0 fully saturated rings. The van der Waals surface area contributed by atoms with Crippen molar-refractivity contribution < 1.29 is 37.4 Å². The molecule has 2 rings (SSSR count). The summed E-state index contributed by atoms with van der Waals surface area (Å²) in [4.78, 5) is 22.4. The summed E-state index contributed by atoms with van der Waals surface area (Å²) in [6, 6.07) is 3.71. The van der Waals surface area contributed by atoms with E-state index in [4.69, 9.17) is 10.2 Å². The van der Waals surface area contributed by atoms with E-state index in [1.807, 2.05) is 0 Å². The lowest BCUT2D eigenvalue weighted by molar-refractivity contribution is -0.137. The summed E-state index contributed by atoms with van der Waals surface area (Å²) in [5.74, 6) is -4.08. The SMILES string of the molecule is Cc1c(C(=O)O)cc(C(=O)O)cc1-c1ccc(F)cc1C(F)(F)F. The Morgan fingerprint density at radius 2 is 1.58 bits per heavy atom. The number of carboxylic acids is 2. The molecule has 0 atom stereocenters. The molecule has 126 valence electrons. The summed E-state index contributed by atoms with van der Waals surface area (Å²) in [5, 5.41) is 18.2. The number of carbonyl (C=O) groups is 2. The van der Waals surface area contributed by atoms with Crippen LogP contribution in [-0.4, -0.2) is 22.2 Å². The molecule has 0 saturated carbocycles. The van der Waals surface area contributed by atoms with Crippen LogP contribution in [0.1, 0.15) is 31.8 Å². The van der Waals surface area contributed by atoms with Crippen LogP contribution in [0.4, 0.5) is 17.6 Å². The lowest BCUT2D eigenvalue weighted by Gasteiger charge is -2.16. The summed E-state index contributed by atoms with van der Waals surface area (Å²) in [5.41, 5.74) is -3.02. The van der Waals surface area contributed by atoms with Crippen LogP contribution in [0.2, 0.25) is 0 Å². The van der Waals surface area contributed by atoms with E-state index in [2.05, 4.69) is 0 Å². The van der Waals surface area contributed by atoms with Crippen LogP contribution in [0.25, 0.3) is 11.1 Å². The second-order valence-corrected chi connectivity index (χ2v) is 4.99. The summed E-state index contributed by atoms with van der Waals surface area (Å²) in [6.07, 6.45) is -4.90. The van der Waals surface area contributed by atoms with E-state index >= 15 is 0 Å². The van der Waals surface area contributed by atoms with Gasteiger partial charge in [0, 0.05) is 0 Å². The number of benzene rings is 2. The molecule has 0 spiro atoms. The van der Waals surface area contributed by atoms with Crippen molar-refractivity contribution in [1.82, 2.24) is 0 Å². The van der Waals surface area contributed by atoms with Gasteiger partial charge in [-0.1, -0.05) is 6.07 Å². The van der Waals surface area contributed by atoms with Crippen LogP contribution in [0.15, 0.2) is 30.3 Å². The van der Waals surface area contributed by atoms with Crippen molar-refractivity contribution in [3.8, 4) is 11.1 Å². The van der Waals surface area contributed by atoms with Crippen molar-refractivity contribution >= 4 is 11.9 Å². The molecule has 2 aromatic rings. The second kappa shape index (κ2) is 5.95. The van der Waals surface area contributed by atoms with Crippen molar-refractivity contribution in [2.24, 2.45) is 0 Å². The molecule has 4 nitrogen and oxygen atoms in total. The molecule has 0 radical (unpaired) electrons. The Bertz CT molecular complexity index is 841. The molecule has 0 aliphatic carbocycles. The highest BCUT2D eigenvalue weighted by Crippen LogP contribution is 2.39. The second-order valence-electron chi connectivity index (χ2n) is 4.99. The van der Waals surface area contributed by atoms with E-state index in [0.29, 0.717) is 0 Å². The lowest BCUT2D eigenvalue weighted by atomic mass is 9.90. The Morgan fingerprint density at radius 3 is 2.08 bits per heavy atom. The summed E-state index contributed by atoms with van der Waals surface area (Å²) >= 11 is 0. The predicted octanol–water partition coefficient (Wildman–Crippen LogP) is 4.22. The van der Waals surface area contributed by atoms with Crippen molar-refractivity contribution in [3.05, 3.63) is 58.4 Å². The number of hydrogen-bond donors (Lipinski definition) is 2. The van der Waals surface area contributed by atoms with Gasteiger partial charge in [-0.15, -0.1) is 0 Å². The molecule has 0 aliphatic rings. The molecule has 24 heavy (non-hydrogen) atoms. The summed E-state index contributed by atoms with van der Waals surface area (Å²) in [7, 11) is 0. The smallest absolute Gasteiger partial charge is 0.417 e. The van der Waals surface area contributed by atoms with Crippen molar-refractivity contribution in [2.45, 2.75) is 13.1 Å². The number of halogens is 4. The van der Waals surface area contributed by atoms with Gasteiger partial charge in [-0.3, -0.25) is 0 Å². The summed E-state index contributed by atoms with van der Waals surface area (Å²) in [6.45, 7) is 1.26. The van der Waals surface area contributed by atoms with Crippen LogP contribution < -0.4 is 0 Å². The highest BCUT2D eigenvalue weighted by molar-refractivity contribution is 5.98. The number of rotatable bonds is 3. The molecule has 0 heterocycles. The van der Waals surface area contributed by atoms with Gasteiger partial charge in [0.2, 0.25) is 0 Å². The van der Waals surface area contributed by atoms with Crippen LogP contribution in [0, 0.1) is 12.7 Å². The molecule has 0 unspecified atom stereocenters. The average Bonchev–Trinajstić information content (AvgIpc) is 2.46. The van der Waals surface area contributed by atoms with Crippen LogP contribution in [-0.2, 0) is 6.18 Å². The van der Waals surface area contributed by atoms with Gasteiger partial charge in [0.15, 0.2) is 0 Å². The molecular formula is C16H10F4O4. The van der Waals surface area contributed by atoms with E-state index in [9.17, 15) is 27.2 Å². The van der Waals surface area contributed by atoms with Gasteiger partial charge in [-0.2, -0.15) is 13.2 Å². The normalized spacial score (nSPS) is 11.4. The third-order valence-electron chi connectivity index (χ3n) is 3.46. The maximum atomic E-state index is 13.2. The Labute approximate surface area is 133 Å². The van der Waals surface area contributed by atoms with E-state index in [0.717, 1.165) is 24.3 Å². The first-order chi connectivity index (χ1) is 11.0. The maximum Gasteiger partial charge on any atom is 0.417 e. The number of hydrogen-bond acceptors (Lipinski definition) is 2. The van der Waals surface area contributed by atoms with Crippen molar-refractivity contribution in [2.75, 3.05) is 0 Å². The molecule has 0 saturated heterocycles. The highest BCUT2D eigenvalue weighted by Gasteiger charge is 2.35. The lowest BCUT2D eigenvalue weighted by Crippen LogP contribution is -2.10. The van der Waals surface area contributed by atoms with E-state index < -0.39 is 46.2 Å². The van der Waals surface area contributed by atoms with E-state index in [-0.39, 0.29) is 17.2 Å². The van der Waals surface area contributed by atoms with Crippen LogP contribution in [0.5, 0.6) is 0 Å². The predicted molar refractivity (Wildman–Crippen MR) is 75.5 cm³/mol. The minimum atomic E-state index is -4.90. The number of carboxylic acid groups (broad SMARTS) is 2. The Kier molecular flexibility index (Phi) is 4.33. The van der Waals surface area contributed by atoms with Crippen LogP contribution >= 0.6 is 0 Å². The molecule has 8 heteroatoms. The maximum absolute atomic E-state index is 13.2. The van der Waals surface area contributed by atoms with Gasteiger partial charge in [0.1, 0.15) is 5.82 Å². The van der Waals surface area contributed by atoms with E-state index in [1.165, 1.54) is 6.92 Å². The molecule has 0 amide bonds. The fourth-order valence-corrected chi connectivity index (χ4v) is 2.33. The average molecular weight is 342 g/mol. The monoisotopic (exact) mass is 342 g/mol. The molecule has 0 aliphatic heterocycles. The first-order valence-corrected chi connectivity index (χ1v) is 6.50. The quantitative estimate of drug-likeness (QED) is 0.819. The Balaban J connectivity index is 2.87.